The van der Waals surface area contributed by atoms with Crippen molar-refractivity contribution in [2.45, 2.75) is 6.54 Å². The number of piperazine rings is 1. The van der Waals surface area contributed by atoms with Gasteiger partial charge in [-0.25, -0.2) is 4.79 Å². The molecular formula is C20H23BrN6O2. The van der Waals surface area contributed by atoms with E-state index < -0.39 is 11.2 Å². The van der Waals surface area contributed by atoms with Gasteiger partial charge < -0.3 is 4.90 Å². The number of benzene rings is 1. The highest BCUT2D eigenvalue weighted by molar-refractivity contribution is 9.10. The van der Waals surface area contributed by atoms with Gasteiger partial charge in [0.2, 0.25) is 5.95 Å². The van der Waals surface area contributed by atoms with Crippen molar-refractivity contribution >= 4 is 33.0 Å². The third-order valence-electron chi connectivity index (χ3n) is 5.28. The van der Waals surface area contributed by atoms with E-state index in [2.05, 4.69) is 37.3 Å². The average Bonchev–Trinajstić information content (AvgIpc) is 3.09. The molecule has 152 valence electrons. The van der Waals surface area contributed by atoms with Gasteiger partial charge >= 0.3 is 5.69 Å². The normalized spacial score (nSPS) is 15.2. The number of nitrogens with one attached hydrogen (secondary N) is 1. The van der Waals surface area contributed by atoms with Gasteiger partial charge in [-0.2, -0.15) is 4.98 Å². The molecule has 9 heteroatoms. The standard InChI is InChI=1S/C20H23BrN6O2/c1-3-8-25-9-11-26(12-10-25)19-22-17-16(18(28)23-20(29)24(17)2)27(19)13-14-4-6-15(21)7-5-14/h3-7H,1,8-13H2,2H3,(H,23,28,29). The lowest BCUT2D eigenvalue weighted by Gasteiger charge is -2.34. The van der Waals surface area contributed by atoms with E-state index in [-0.39, 0.29) is 0 Å². The molecule has 8 nitrogen and oxygen atoms in total. The van der Waals surface area contributed by atoms with Crippen molar-refractivity contribution in [1.82, 2.24) is 24.0 Å². The van der Waals surface area contributed by atoms with Gasteiger partial charge in [-0.3, -0.25) is 23.8 Å². The molecule has 1 fully saturated rings. The quantitative estimate of drug-likeness (QED) is 0.586. The van der Waals surface area contributed by atoms with E-state index in [0.29, 0.717) is 23.7 Å². The zero-order valence-corrected chi connectivity index (χ0v) is 17.9. The fraction of sp³-hybridized carbons (Fsp3) is 0.350. The van der Waals surface area contributed by atoms with Gasteiger partial charge in [0.05, 0.1) is 6.54 Å². The Kier molecular flexibility index (Phi) is 5.42. The van der Waals surface area contributed by atoms with E-state index in [1.807, 2.05) is 34.9 Å². The highest BCUT2D eigenvalue weighted by Crippen LogP contribution is 2.23. The van der Waals surface area contributed by atoms with Crippen molar-refractivity contribution in [2.75, 3.05) is 37.6 Å². The minimum Gasteiger partial charge on any atom is -0.340 e. The molecule has 0 unspecified atom stereocenters. The van der Waals surface area contributed by atoms with Crippen molar-refractivity contribution in [1.29, 1.82) is 0 Å². The highest BCUT2D eigenvalue weighted by Gasteiger charge is 2.24. The second kappa shape index (κ2) is 8.00. The first-order chi connectivity index (χ1) is 14.0. The molecule has 0 radical (unpaired) electrons. The maximum atomic E-state index is 12.7. The van der Waals surface area contributed by atoms with Gasteiger partial charge in [0.15, 0.2) is 11.2 Å². The Labute approximate surface area is 176 Å². The van der Waals surface area contributed by atoms with Crippen molar-refractivity contribution < 1.29 is 0 Å². The summed E-state index contributed by atoms with van der Waals surface area (Å²) in [6, 6.07) is 7.97. The van der Waals surface area contributed by atoms with Crippen LogP contribution in [-0.4, -0.2) is 56.7 Å². The molecule has 3 aromatic rings. The number of aromatic amines is 1. The summed E-state index contributed by atoms with van der Waals surface area (Å²) in [7, 11) is 1.63. The largest absolute Gasteiger partial charge is 0.340 e. The number of aromatic nitrogens is 4. The van der Waals surface area contributed by atoms with Crippen LogP contribution in [0.1, 0.15) is 5.56 Å². The Bertz CT molecular complexity index is 1150. The van der Waals surface area contributed by atoms with E-state index in [0.717, 1.165) is 42.8 Å². The van der Waals surface area contributed by atoms with Crippen LogP contribution in [-0.2, 0) is 13.6 Å². The summed E-state index contributed by atoms with van der Waals surface area (Å²) < 4.78 is 4.31. The summed E-state index contributed by atoms with van der Waals surface area (Å²) >= 11 is 3.46. The molecule has 0 aliphatic carbocycles. The minimum absolute atomic E-state index is 0.402. The Balaban J connectivity index is 1.80. The number of halogens is 1. The molecule has 2 aromatic heterocycles. The Morgan fingerprint density at radius 1 is 1.17 bits per heavy atom. The lowest BCUT2D eigenvalue weighted by Crippen LogP contribution is -2.47. The second-order valence-corrected chi connectivity index (χ2v) is 8.11. The van der Waals surface area contributed by atoms with Gasteiger partial charge in [-0.05, 0) is 17.7 Å². The lowest BCUT2D eigenvalue weighted by atomic mass is 10.2. The Hall–Kier alpha value is -2.65. The molecule has 29 heavy (non-hydrogen) atoms. The molecule has 4 rings (SSSR count). The molecule has 3 heterocycles. The van der Waals surface area contributed by atoms with E-state index >= 15 is 0 Å². The summed E-state index contributed by atoms with van der Waals surface area (Å²) in [6.45, 7) is 8.54. The number of imidazole rings is 1. The SMILES string of the molecule is C=CCN1CCN(c2nc3c(c(=O)[nH]c(=O)n3C)n2Cc2ccc(Br)cc2)CC1. The van der Waals surface area contributed by atoms with Gasteiger partial charge in [-0.1, -0.05) is 34.1 Å². The van der Waals surface area contributed by atoms with Crippen LogP contribution >= 0.6 is 15.9 Å². The van der Waals surface area contributed by atoms with Crippen LogP contribution in [0.25, 0.3) is 11.2 Å². The van der Waals surface area contributed by atoms with Crippen LogP contribution in [0.4, 0.5) is 5.95 Å². The van der Waals surface area contributed by atoms with Gasteiger partial charge in [0.25, 0.3) is 5.56 Å². The number of hydrogen-bond donors (Lipinski definition) is 1. The van der Waals surface area contributed by atoms with Crippen molar-refractivity contribution in [3.8, 4) is 0 Å². The third kappa shape index (κ3) is 3.79. The molecule has 0 spiro atoms. The van der Waals surface area contributed by atoms with Gasteiger partial charge in [0.1, 0.15) is 0 Å². The van der Waals surface area contributed by atoms with E-state index in [1.165, 1.54) is 4.57 Å². The lowest BCUT2D eigenvalue weighted by molar-refractivity contribution is 0.282. The molecule has 0 amide bonds. The Morgan fingerprint density at radius 2 is 1.86 bits per heavy atom. The first-order valence-corrected chi connectivity index (χ1v) is 10.3. The highest BCUT2D eigenvalue weighted by atomic mass is 79.9. The molecule has 1 N–H and O–H groups in total. The molecule has 1 aliphatic heterocycles. The van der Waals surface area contributed by atoms with Gasteiger partial charge in [0, 0.05) is 44.2 Å². The van der Waals surface area contributed by atoms with Crippen molar-refractivity contribution in [3.05, 3.63) is 67.8 Å². The molecule has 1 aromatic carbocycles. The van der Waals surface area contributed by atoms with Crippen LogP contribution in [0.5, 0.6) is 0 Å². The van der Waals surface area contributed by atoms with Crippen LogP contribution < -0.4 is 16.1 Å². The smallest absolute Gasteiger partial charge is 0.329 e. The van der Waals surface area contributed by atoms with Crippen LogP contribution in [0.15, 0.2) is 51.0 Å². The molecular weight excluding hydrogens is 436 g/mol. The van der Waals surface area contributed by atoms with Crippen molar-refractivity contribution in [3.63, 3.8) is 0 Å². The monoisotopic (exact) mass is 458 g/mol. The molecule has 1 aliphatic rings. The number of nitrogens with zero attached hydrogens (tertiary/aromatic N) is 5. The van der Waals surface area contributed by atoms with Crippen LogP contribution in [0.3, 0.4) is 0 Å². The number of anilines is 1. The van der Waals surface area contributed by atoms with E-state index in [9.17, 15) is 9.59 Å². The maximum Gasteiger partial charge on any atom is 0.329 e. The summed E-state index contributed by atoms with van der Waals surface area (Å²) in [6.07, 6.45) is 1.91. The van der Waals surface area contributed by atoms with Crippen molar-refractivity contribution in [2.24, 2.45) is 7.05 Å². The number of rotatable bonds is 5. The van der Waals surface area contributed by atoms with E-state index in [4.69, 9.17) is 4.98 Å². The summed E-state index contributed by atoms with van der Waals surface area (Å²) in [4.78, 5) is 36.4. The fourth-order valence-electron chi connectivity index (χ4n) is 3.70. The number of fused-ring (bicyclic) bond motifs is 1. The van der Waals surface area contributed by atoms with Gasteiger partial charge in [-0.15, -0.1) is 6.58 Å². The molecule has 0 atom stereocenters. The zero-order chi connectivity index (χ0) is 20.5. The summed E-state index contributed by atoms with van der Waals surface area (Å²) in [5, 5.41) is 0. The van der Waals surface area contributed by atoms with E-state index in [1.54, 1.807) is 7.05 Å². The summed E-state index contributed by atoms with van der Waals surface area (Å²) in [5.41, 5.74) is 0.993. The average molecular weight is 459 g/mol. The van der Waals surface area contributed by atoms with Crippen LogP contribution in [0.2, 0.25) is 0 Å². The fourth-order valence-corrected chi connectivity index (χ4v) is 3.96. The number of aryl methyl sites for hydroxylation is 1. The molecule has 1 saturated heterocycles. The summed E-state index contributed by atoms with van der Waals surface area (Å²) in [5.74, 6) is 0.716. The first kappa shape index (κ1) is 19.7. The predicted octanol–water partition coefficient (Wildman–Crippen LogP) is 1.54. The third-order valence-corrected chi connectivity index (χ3v) is 5.81. The predicted molar refractivity (Wildman–Crippen MR) is 118 cm³/mol. The number of hydrogen-bond acceptors (Lipinski definition) is 5. The molecule has 0 bridgehead atoms. The first-order valence-electron chi connectivity index (χ1n) is 9.50. The van der Waals surface area contributed by atoms with Crippen LogP contribution in [0, 0.1) is 0 Å². The second-order valence-electron chi connectivity index (χ2n) is 7.19. The maximum absolute atomic E-state index is 12.7. The zero-order valence-electron chi connectivity index (χ0n) is 16.3. The Morgan fingerprint density at radius 3 is 2.52 bits per heavy atom. The minimum atomic E-state index is -0.460. The molecule has 0 saturated carbocycles. The topological polar surface area (TPSA) is 79.2 Å². The number of H-pyrrole nitrogens is 1.